The minimum atomic E-state index is -4.37. The fourth-order valence-corrected chi connectivity index (χ4v) is 4.32. The summed E-state index contributed by atoms with van der Waals surface area (Å²) in [5, 5.41) is 0.519. The smallest absolute Gasteiger partial charge is 0.368 e. The van der Waals surface area contributed by atoms with Crippen LogP contribution in [0.15, 0.2) is 60.6 Å². The molecule has 0 spiro atoms. The highest BCUT2D eigenvalue weighted by molar-refractivity contribution is 6.50. The molecule has 2 heterocycles. The summed E-state index contributed by atoms with van der Waals surface area (Å²) in [6.07, 6.45) is -0.884. The molecule has 0 amide bonds. The van der Waals surface area contributed by atoms with Crippen molar-refractivity contribution in [3.8, 4) is 0 Å². The predicted molar refractivity (Wildman–Crippen MR) is 119 cm³/mol. The summed E-state index contributed by atoms with van der Waals surface area (Å²) < 4.78 is 40.3. The summed E-state index contributed by atoms with van der Waals surface area (Å²) >= 11 is 6.80. The van der Waals surface area contributed by atoms with Gasteiger partial charge in [0, 0.05) is 37.0 Å². The maximum Gasteiger partial charge on any atom is 0.416 e. The highest BCUT2D eigenvalue weighted by atomic mass is 35.5. The van der Waals surface area contributed by atoms with Crippen LogP contribution >= 0.6 is 11.6 Å². The molecule has 0 fully saturated rings. The molecule has 32 heavy (non-hydrogen) atoms. The van der Waals surface area contributed by atoms with E-state index in [0.717, 1.165) is 34.5 Å². The first-order valence-electron chi connectivity index (χ1n) is 10.0. The number of hydrogen-bond acceptors (Lipinski definition) is 3. The fraction of sp³-hybridized carbons (Fsp3) is 0.250. The van der Waals surface area contributed by atoms with Crippen molar-refractivity contribution in [1.82, 2.24) is 9.55 Å². The third kappa shape index (κ3) is 3.93. The molecule has 1 aliphatic heterocycles. The third-order valence-electron chi connectivity index (χ3n) is 5.97. The van der Waals surface area contributed by atoms with Gasteiger partial charge in [0.15, 0.2) is 0 Å². The van der Waals surface area contributed by atoms with Crippen LogP contribution in [0, 0.1) is 0 Å². The van der Waals surface area contributed by atoms with E-state index in [1.165, 1.54) is 18.3 Å². The number of aromatic nitrogens is 2. The lowest BCUT2D eigenvalue weighted by atomic mass is 9.90. The third-order valence-corrected chi connectivity index (χ3v) is 6.41. The average Bonchev–Trinajstić information content (AvgIpc) is 3.19. The van der Waals surface area contributed by atoms with E-state index in [4.69, 9.17) is 11.6 Å². The Labute approximate surface area is 188 Å². The number of ketones is 1. The van der Waals surface area contributed by atoms with Crippen molar-refractivity contribution in [2.75, 3.05) is 11.9 Å². The number of fused-ring (bicyclic) bond motifs is 1. The second kappa shape index (κ2) is 8.13. The maximum atomic E-state index is 12.9. The van der Waals surface area contributed by atoms with Gasteiger partial charge in [0.1, 0.15) is 5.69 Å². The van der Waals surface area contributed by atoms with Gasteiger partial charge in [-0.3, -0.25) is 4.79 Å². The van der Waals surface area contributed by atoms with E-state index in [0.29, 0.717) is 22.7 Å². The largest absolute Gasteiger partial charge is 0.416 e. The van der Waals surface area contributed by atoms with Crippen molar-refractivity contribution < 1.29 is 18.0 Å². The van der Waals surface area contributed by atoms with Crippen LogP contribution in [0.2, 0.25) is 0 Å². The second-order valence-corrected chi connectivity index (χ2v) is 8.33. The van der Waals surface area contributed by atoms with Crippen LogP contribution in [0.3, 0.4) is 0 Å². The predicted octanol–water partition coefficient (Wildman–Crippen LogP) is 5.70. The number of likely N-dealkylation sites (N-methyl/N-ethyl adjacent to an activating group) is 1. The van der Waals surface area contributed by atoms with Crippen molar-refractivity contribution in [3.05, 3.63) is 88.5 Å². The molecule has 0 aliphatic carbocycles. The van der Waals surface area contributed by atoms with Crippen molar-refractivity contribution >= 4 is 28.1 Å². The number of carbonyl (C=O) groups is 1. The number of anilines is 1. The Morgan fingerprint density at radius 1 is 1.12 bits per heavy atom. The van der Waals surface area contributed by atoms with E-state index in [-0.39, 0.29) is 11.8 Å². The summed E-state index contributed by atoms with van der Waals surface area (Å²) in [4.78, 5) is 19.0. The van der Waals surface area contributed by atoms with Crippen molar-refractivity contribution in [3.63, 3.8) is 0 Å². The van der Waals surface area contributed by atoms with Crippen molar-refractivity contribution in [1.29, 1.82) is 0 Å². The quantitative estimate of drug-likeness (QED) is 0.470. The van der Waals surface area contributed by atoms with Gasteiger partial charge >= 0.3 is 6.18 Å². The number of halogens is 4. The van der Waals surface area contributed by atoms with Crippen molar-refractivity contribution in [2.45, 2.75) is 25.6 Å². The second-order valence-electron chi connectivity index (χ2n) is 7.95. The zero-order valence-electron chi connectivity index (χ0n) is 17.7. The first-order valence-corrected chi connectivity index (χ1v) is 10.4. The maximum absolute atomic E-state index is 12.9. The molecule has 2 aromatic carbocycles. The Kier molecular flexibility index (Phi) is 5.63. The molecule has 1 aromatic heterocycles. The fourth-order valence-electron chi connectivity index (χ4n) is 3.94. The number of aryl methyl sites for hydroxylation is 1. The first kappa shape index (κ1) is 22.1. The zero-order chi connectivity index (χ0) is 23.2. The van der Waals surface area contributed by atoms with Crippen LogP contribution in [-0.4, -0.2) is 28.4 Å². The molecular formula is C24H21ClF3N3O. The molecule has 4 nitrogen and oxygen atoms in total. The van der Waals surface area contributed by atoms with Crippen LogP contribution < -0.4 is 4.90 Å². The number of hydrogen-bond donors (Lipinski definition) is 0. The van der Waals surface area contributed by atoms with E-state index < -0.39 is 11.7 Å². The van der Waals surface area contributed by atoms with Crippen LogP contribution in [0.5, 0.6) is 0 Å². The molecule has 0 radical (unpaired) electrons. The van der Waals surface area contributed by atoms with Gasteiger partial charge in [-0.15, -0.1) is 0 Å². The average molecular weight is 460 g/mol. The van der Waals surface area contributed by atoms with Gasteiger partial charge in [-0.05, 0) is 54.8 Å². The summed E-state index contributed by atoms with van der Waals surface area (Å²) in [6.45, 7) is 2.00. The molecule has 0 bridgehead atoms. The minimum absolute atomic E-state index is 0.0593. The first-order chi connectivity index (χ1) is 15.1. The van der Waals surface area contributed by atoms with Gasteiger partial charge in [0.05, 0.1) is 23.1 Å². The molecule has 1 unspecified atom stereocenters. The van der Waals surface area contributed by atoms with Crippen LogP contribution in [0.1, 0.15) is 39.7 Å². The standard InChI is InChI=1S/C24H21ClF3N3O/c1-14-18(10-15-4-7-17(8-5-15)24(26,27)28)22(25)19-11-16(6-9-20(19)31(14)3)23(32)21-12-29-13-30(21)2/h4-9,11-14H,10H2,1-3H3. The molecule has 1 aliphatic rings. The van der Waals surface area contributed by atoms with Gasteiger partial charge in [-0.25, -0.2) is 4.98 Å². The number of rotatable bonds is 4. The molecule has 1 atom stereocenters. The van der Waals surface area contributed by atoms with Gasteiger partial charge in [0.2, 0.25) is 5.78 Å². The Balaban J connectivity index is 1.71. The Morgan fingerprint density at radius 2 is 1.81 bits per heavy atom. The van der Waals surface area contributed by atoms with Crippen molar-refractivity contribution in [2.24, 2.45) is 7.05 Å². The Hall–Kier alpha value is -3.06. The molecule has 8 heteroatoms. The lowest BCUT2D eigenvalue weighted by Gasteiger charge is -2.36. The van der Waals surface area contributed by atoms with Gasteiger partial charge in [0.25, 0.3) is 0 Å². The summed E-state index contributed by atoms with van der Waals surface area (Å²) in [5.41, 5.74) is 3.50. The molecular weight excluding hydrogens is 439 g/mol. The molecule has 166 valence electrons. The molecule has 4 rings (SSSR count). The van der Waals surface area contributed by atoms with Crippen LogP contribution in [0.4, 0.5) is 18.9 Å². The summed E-state index contributed by atoms with van der Waals surface area (Å²) in [6, 6.07) is 10.5. The number of alkyl halides is 3. The zero-order valence-corrected chi connectivity index (χ0v) is 18.5. The molecule has 3 aromatic rings. The molecule has 0 saturated heterocycles. The van der Waals surface area contributed by atoms with Crippen LogP contribution in [0.25, 0.3) is 5.03 Å². The number of imidazole rings is 1. The highest BCUT2D eigenvalue weighted by Crippen LogP contribution is 2.41. The van der Waals surface area contributed by atoms with E-state index in [9.17, 15) is 18.0 Å². The number of benzene rings is 2. The van der Waals surface area contributed by atoms with Gasteiger partial charge in [-0.1, -0.05) is 23.7 Å². The lowest BCUT2D eigenvalue weighted by Crippen LogP contribution is -2.35. The lowest BCUT2D eigenvalue weighted by molar-refractivity contribution is -0.137. The Bertz CT molecular complexity index is 1210. The monoisotopic (exact) mass is 459 g/mol. The number of nitrogens with zero attached hydrogens (tertiary/aromatic N) is 3. The topological polar surface area (TPSA) is 38.1 Å². The van der Waals surface area contributed by atoms with Gasteiger partial charge < -0.3 is 9.47 Å². The normalized spacial score (nSPS) is 16.3. The Morgan fingerprint density at radius 3 is 2.41 bits per heavy atom. The minimum Gasteiger partial charge on any atom is -0.368 e. The summed E-state index contributed by atoms with van der Waals surface area (Å²) in [5.74, 6) is -0.164. The van der Waals surface area contributed by atoms with E-state index in [1.807, 2.05) is 20.0 Å². The summed E-state index contributed by atoms with van der Waals surface area (Å²) in [7, 11) is 3.69. The molecule has 0 N–H and O–H groups in total. The SMILES string of the molecule is CC1C(Cc2ccc(C(F)(F)F)cc2)=C(Cl)c2cc(C(=O)c3cncn3C)ccc2N1C. The van der Waals surface area contributed by atoms with Crippen LogP contribution in [-0.2, 0) is 19.6 Å². The van der Waals surface area contributed by atoms with E-state index >= 15 is 0 Å². The molecule has 0 saturated carbocycles. The van der Waals surface area contributed by atoms with E-state index in [2.05, 4.69) is 9.88 Å². The highest BCUT2D eigenvalue weighted by Gasteiger charge is 2.31. The number of carbonyl (C=O) groups excluding carboxylic acids is 1. The van der Waals surface area contributed by atoms with Gasteiger partial charge in [-0.2, -0.15) is 13.2 Å². The van der Waals surface area contributed by atoms with E-state index in [1.54, 1.807) is 30.1 Å².